The largest absolute Gasteiger partial charge is 0.454 e. The minimum Gasteiger partial charge on any atom is -0.454 e. The molecule has 2 aromatic carbocycles. The lowest BCUT2D eigenvalue weighted by atomic mass is 10.2. The molecule has 1 aliphatic rings. The first kappa shape index (κ1) is 11.9. The Morgan fingerprint density at radius 3 is 2.58 bits per heavy atom. The maximum atomic E-state index is 5.72. The van der Waals surface area contributed by atoms with Crippen molar-refractivity contribution in [1.29, 1.82) is 0 Å². The summed E-state index contributed by atoms with van der Waals surface area (Å²) in [6.45, 7) is 1.37. The Morgan fingerprint density at radius 2 is 1.74 bits per heavy atom. The zero-order valence-electron chi connectivity index (χ0n) is 10.5. The molecule has 1 heterocycles. The minimum atomic E-state index is 0.295. The first-order valence-corrected chi connectivity index (χ1v) is 6.12. The molecule has 0 saturated carbocycles. The lowest BCUT2D eigenvalue weighted by Crippen LogP contribution is -1.95. The van der Waals surface area contributed by atoms with Crippen LogP contribution in [0.3, 0.4) is 0 Å². The van der Waals surface area contributed by atoms with E-state index >= 15 is 0 Å². The first-order chi connectivity index (χ1) is 9.31. The van der Waals surface area contributed by atoms with Gasteiger partial charge < -0.3 is 19.9 Å². The lowest BCUT2D eigenvalue weighted by Gasteiger charge is -2.06. The summed E-state index contributed by atoms with van der Waals surface area (Å²) in [5, 5.41) is 0. The van der Waals surface area contributed by atoms with Gasteiger partial charge in [0.15, 0.2) is 11.5 Å². The molecule has 0 unspecified atom stereocenters. The maximum Gasteiger partial charge on any atom is 0.231 e. The van der Waals surface area contributed by atoms with E-state index in [-0.39, 0.29) is 0 Å². The number of nitrogens with two attached hydrogens (primary N) is 1. The number of rotatable bonds is 4. The Bertz CT molecular complexity index is 583. The van der Waals surface area contributed by atoms with Gasteiger partial charge in [-0.05, 0) is 35.4 Å². The van der Waals surface area contributed by atoms with E-state index in [4.69, 9.17) is 19.9 Å². The Kier molecular flexibility index (Phi) is 3.25. The van der Waals surface area contributed by atoms with E-state index in [2.05, 4.69) is 0 Å². The molecule has 0 amide bonds. The molecular formula is C15H15NO3. The quantitative estimate of drug-likeness (QED) is 0.856. The normalized spacial score (nSPS) is 12.6. The van der Waals surface area contributed by atoms with E-state index in [1.54, 1.807) is 0 Å². The Morgan fingerprint density at radius 1 is 0.947 bits per heavy atom. The number of hydrogen-bond donors (Lipinski definition) is 1. The summed E-state index contributed by atoms with van der Waals surface area (Å²) >= 11 is 0. The second-order valence-corrected chi connectivity index (χ2v) is 4.43. The first-order valence-electron chi connectivity index (χ1n) is 6.12. The highest BCUT2D eigenvalue weighted by molar-refractivity contribution is 5.44. The molecule has 0 saturated heterocycles. The van der Waals surface area contributed by atoms with Crippen LogP contribution < -0.4 is 15.2 Å². The van der Waals surface area contributed by atoms with Gasteiger partial charge in [0.1, 0.15) is 0 Å². The van der Waals surface area contributed by atoms with Crippen LogP contribution in [0.5, 0.6) is 11.5 Å². The summed E-state index contributed by atoms with van der Waals surface area (Å²) in [5.41, 5.74) is 8.60. The fourth-order valence-corrected chi connectivity index (χ4v) is 2.00. The third kappa shape index (κ3) is 2.80. The third-order valence-electron chi connectivity index (χ3n) is 2.93. The van der Waals surface area contributed by atoms with Gasteiger partial charge in [0, 0.05) is 5.69 Å². The zero-order chi connectivity index (χ0) is 13.1. The van der Waals surface area contributed by atoms with E-state index < -0.39 is 0 Å². The molecule has 0 radical (unpaired) electrons. The Hall–Kier alpha value is -2.20. The SMILES string of the molecule is Nc1cccc(COCc2ccc3c(c2)OCO3)c1. The number of anilines is 1. The number of hydrogen-bond acceptors (Lipinski definition) is 4. The van der Waals surface area contributed by atoms with E-state index in [1.165, 1.54) is 0 Å². The lowest BCUT2D eigenvalue weighted by molar-refractivity contribution is 0.107. The van der Waals surface area contributed by atoms with Crippen LogP contribution in [0, 0.1) is 0 Å². The third-order valence-corrected chi connectivity index (χ3v) is 2.93. The van der Waals surface area contributed by atoms with Gasteiger partial charge in [-0.2, -0.15) is 0 Å². The highest BCUT2D eigenvalue weighted by atomic mass is 16.7. The van der Waals surface area contributed by atoms with Crippen LogP contribution >= 0.6 is 0 Å². The van der Waals surface area contributed by atoms with Crippen molar-refractivity contribution < 1.29 is 14.2 Å². The standard InChI is InChI=1S/C15H15NO3/c16-13-3-1-2-11(6-13)8-17-9-12-4-5-14-15(7-12)19-10-18-14/h1-7H,8-10,16H2. The highest BCUT2D eigenvalue weighted by Crippen LogP contribution is 2.32. The molecule has 4 heteroatoms. The van der Waals surface area contributed by atoms with Crippen LogP contribution in [-0.2, 0) is 18.0 Å². The van der Waals surface area contributed by atoms with Crippen LogP contribution in [0.4, 0.5) is 5.69 Å². The van der Waals surface area contributed by atoms with Gasteiger partial charge in [-0.25, -0.2) is 0 Å². The van der Waals surface area contributed by atoms with E-state index in [0.29, 0.717) is 20.0 Å². The van der Waals surface area contributed by atoms with Crippen LogP contribution in [0.15, 0.2) is 42.5 Å². The van der Waals surface area contributed by atoms with E-state index in [1.807, 2.05) is 42.5 Å². The van der Waals surface area contributed by atoms with Crippen LogP contribution in [0.1, 0.15) is 11.1 Å². The maximum absolute atomic E-state index is 5.72. The van der Waals surface area contributed by atoms with E-state index in [9.17, 15) is 0 Å². The van der Waals surface area contributed by atoms with E-state index in [0.717, 1.165) is 28.3 Å². The molecular weight excluding hydrogens is 242 g/mol. The average Bonchev–Trinajstić information content (AvgIpc) is 2.86. The summed E-state index contributed by atoms with van der Waals surface area (Å²) in [5.74, 6) is 1.57. The van der Waals surface area contributed by atoms with Gasteiger partial charge >= 0.3 is 0 Å². The number of nitrogen functional groups attached to an aromatic ring is 1. The summed E-state index contributed by atoms with van der Waals surface area (Å²) in [4.78, 5) is 0. The zero-order valence-corrected chi connectivity index (χ0v) is 10.5. The second kappa shape index (κ2) is 5.20. The summed E-state index contributed by atoms with van der Waals surface area (Å²) in [7, 11) is 0. The molecule has 2 aromatic rings. The van der Waals surface area contributed by atoms with Crippen molar-refractivity contribution in [3.8, 4) is 11.5 Å². The number of ether oxygens (including phenoxy) is 3. The molecule has 0 fully saturated rings. The summed E-state index contributed by atoms with van der Waals surface area (Å²) < 4.78 is 16.3. The van der Waals surface area contributed by atoms with Crippen molar-refractivity contribution in [2.45, 2.75) is 13.2 Å². The van der Waals surface area contributed by atoms with Gasteiger partial charge in [0.05, 0.1) is 13.2 Å². The summed E-state index contributed by atoms with van der Waals surface area (Å²) in [6.07, 6.45) is 0. The average molecular weight is 257 g/mol. The van der Waals surface area contributed by atoms with Gasteiger partial charge in [0.2, 0.25) is 6.79 Å². The molecule has 0 spiro atoms. The Labute approximate surface area is 111 Å². The summed E-state index contributed by atoms with van der Waals surface area (Å²) in [6, 6.07) is 13.5. The smallest absolute Gasteiger partial charge is 0.231 e. The number of benzene rings is 2. The molecule has 4 nitrogen and oxygen atoms in total. The van der Waals surface area contributed by atoms with Crippen LogP contribution in [0.25, 0.3) is 0 Å². The molecule has 3 rings (SSSR count). The van der Waals surface area contributed by atoms with Gasteiger partial charge in [-0.3, -0.25) is 0 Å². The van der Waals surface area contributed by atoms with Crippen molar-refractivity contribution in [2.75, 3.05) is 12.5 Å². The predicted octanol–water partition coefficient (Wildman–Crippen LogP) is 2.71. The number of fused-ring (bicyclic) bond motifs is 1. The van der Waals surface area contributed by atoms with Gasteiger partial charge in [-0.15, -0.1) is 0 Å². The molecule has 19 heavy (non-hydrogen) atoms. The van der Waals surface area contributed by atoms with Crippen molar-refractivity contribution in [3.05, 3.63) is 53.6 Å². The molecule has 0 aliphatic carbocycles. The van der Waals surface area contributed by atoms with Gasteiger partial charge in [-0.1, -0.05) is 18.2 Å². The fraction of sp³-hybridized carbons (Fsp3) is 0.200. The van der Waals surface area contributed by atoms with Crippen LogP contribution in [-0.4, -0.2) is 6.79 Å². The fourth-order valence-electron chi connectivity index (χ4n) is 2.00. The Balaban J connectivity index is 1.58. The molecule has 0 atom stereocenters. The molecule has 2 N–H and O–H groups in total. The predicted molar refractivity (Wildman–Crippen MR) is 71.9 cm³/mol. The topological polar surface area (TPSA) is 53.7 Å². The second-order valence-electron chi connectivity index (χ2n) is 4.43. The molecule has 0 bridgehead atoms. The minimum absolute atomic E-state index is 0.295. The molecule has 0 aromatic heterocycles. The van der Waals surface area contributed by atoms with Crippen molar-refractivity contribution in [2.24, 2.45) is 0 Å². The van der Waals surface area contributed by atoms with Crippen molar-refractivity contribution in [3.63, 3.8) is 0 Å². The highest BCUT2D eigenvalue weighted by Gasteiger charge is 2.12. The monoisotopic (exact) mass is 257 g/mol. The molecule has 1 aliphatic heterocycles. The van der Waals surface area contributed by atoms with Crippen LogP contribution in [0.2, 0.25) is 0 Å². The van der Waals surface area contributed by atoms with Gasteiger partial charge in [0.25, 0.3) is 0 Å². The molecule has 98 valence electrons. The van der Waals surface area contributed by atoms with Crippen molar-refractivity contribution in [1.82, 2.24) is 0 Å². The van der Waals surface area contributed by atoms with Crippen molar-refractivity contribution >= 4 is 5.69 Å².